The van der Waals surface area contributed by atoms with E-state index in [-0.39, 0.29) is 11.8 Å². The third-order valence-corrected chi connectivity index (χ3v) is 3.88. The van der Waals surface area contributed by atoms with Crippen LogP contribution in [0.2, 0.25) is 0 Å². The Morgan fingerprint density at radius 2 is 1.85 bits per heavy atom. The molecule has 0 radical (unpaired) electrons. The summed E-state index contributed by atoms with van der Waals surface area (Å²) in [7, 11) is 0. The van der Waals surface area contributed by atoms with Crippen LogP contribution in [0, 0.1) is 0 Å². The summed E-state index contributed by atoms with van der Waals surface area (Å²) in [6, 6.07) is 9.33. The molecule has 0 atom stereocenters. The molecular weight excluding hydrogens is 250 g/mol. The number of nitrogens with zero attached hydrogens (tertiary/aromatic N) is 1. The van der Waals surface area contributed by atoms with Gasteiger partial charge in [0.05, 0.1) is 6.42 Å². The van der Waals surface area contributed by atoms with Crippen molar-refractivity contribution < 1.29 is 9.90 Å². The van der Waals surface area contributed by atoms with Crippen LogP contribution in [0.4, 0.5) is 0 Å². The number of carboxylic acids is 1. The van der Waals surface area contributed by atoms with Crippen molar-refractivity contribution in [2.24, 2.45) is 0 Å². The summed E-state index contributed by atoms with van der Waals surface area (Å²) in [5.74, 6) is -0.710. The van der Waals surface area contributed by atoms with E-state index in [2.05, 4.69) is 49.9 Å². The lowest BCUT2D eigenvalue weighted by molar-refractivity contribution is -0.137. The molecule has 0 saturated heterocycles. The minimum Gasteiger partial charge on any atom is -0.481 e. The Kier molecular flexibility index (Phi) is 4.48. The second kappa shape index (κ2) is 5.96. The molecule has 1 aromatic rings. The van der Waals surface area contributed by atoms with E-state index in [1.54, 1.807) is 0 Å². The molecule has 0 amide bonds. The molecule has 1 aliphatic rings. The number of benzene rings is 1. The summed E-state index contributed by atoms with van der Waals surface area (Å²) in [6.45, 7) is 8.16. The number of hydrogen-bond donors (Lipinski definition) is 1. The highest BCUT2D eigenvalue weighted by molar-refractivity contribution is 5.66. The van der Waals surface area contributed by atoms with Gasteiger partial charge in [0.15, 0.2) is 0 Å². The van der Waals surface area contributed by atoms with Gasteiger partial charge < -0.3 is 5.11 Å². The highest BCUT2D eigenvalue weighted by Gasteiger charge is 2.29. The number of aliphatic carboxylic acids is 1. The van der Waals surface area contributed by atoms with E-state index >= 15 is 0 Å². The van der Waals surface area contributed by atoms with Crippen molar-refractivity contribution in [1.82, 2.24) is 4.90 Å². The molecule has 0 spiro atoms. The van der Waals surface area contributed by atoms with Crippen LogP contribution in [0.5, 0.6) is 0 Å². The van der Waals surface area contributed by atoms with Crippen LogP contribution in [-0.4, -0.2) is 28.6 Å². The monoisotopic (exact) mass is 275 g/mol. The molecule has 0 aliphatic heterocycles. The van der Waals surface area contributed by atoms with Crippen LogP contribution in [0.25, 0.3) is 0 Å². The van der Waals surface area contributed by atoms with Crippen LogP contribution >= 0.6 is 0 Å². The summed E-state index contributed by atoms with van der Waals surface area (Å²) < 4.78 is 0. The molecule has 1 aromatic carbocycles. The van der Waals surface area contributed by atoms with Gasteiger partial charge in [0, 0.05) is 19.1 Å². The van der Waals surface area contributed by atoms with Gasteiger partial charge in [-0.2, -0.15) is 0 Å². The molecule has 3 heteroatoms. The number of carbonyl (C=O) groups is 1. The third kappa shape index (κ3) is 4.34. The molecule has 0 bridgehead atoms. The van der Waals surface area contributed by atoms with Crippen LogP contribution in [0.15, 0.2) is 24.3 Å². The quantitative estimate of drug-likeness (QED) is 0.864. The highest BCUT2D eigenvalue weighted by Crippen LogP contribution is 2.29. The SMILES string of the molecule is CC(C)(C)c1ccc(CN(CCC(=O)O)C2CC2)cc1. The molecule has 2 rings (SSSR count). The highest BCUT2D eigenvalue weighted by atomic mass is 16.4. The molecule has 20 heavy (non-hydrogen) atoms. The second-order valence-corrected chi connectivity index (χ2v) is 6.79. The minimum absolute atomic E-state index is 0.179. The topological polar surface area (TPSA) is 40.5 Å². The van der Waals surface area contributed by atoms with Gasteiger partial charge in [0.1, 0.15) is 0 Å². The van der Waals surface area contributed by atoms with E-state index < -0.39 is 5.97 Å². The van der Waals surface area contributed by atoms with Crippen molar-refractivity contribution in [3.63, 3.8) is 0 Å². The lowest BCUT2D eigenvalue weighted by Crippen LogP contribution is -2.28. The number of rotatable bonds is 6. The van der Waals surface area contributed by atoms with Crippen molar-refractivity contribution in [3.05, 3.63) is 35.4 Å². The predicted octanol–water partition coefficient (Wildman–Crippen LogP) is 3.42. The van der Waals surface area contributed by atoms with Gasteiger partial charge in [-0.05, 0) is 29.4 Å². The van der Waals surface area contributed by atoms with Gasteiger partial charge in [0.25, 0.3) is 0 Å². The normalized spacial score (nSPS) is 15.6. The van der Waals surface area contributed by atoms with Crippen molar-refractivity contribution >= 4 is 5.97 Å². The van der Waals surface area contributed by atoms with Crippen molar-refractivity contribution in [2.75, 3.05) is 6.54 Å². The zero-order valence-electron chi connectivity index (χ0n) is 12.7. The minimum atomic E-state index is -0.710. The summed E-state index contributed by atoms with van der Waals surface area (Å²) in [6.07, 6.45) is 2.65. The van der Waals surface area contributed by atoms with Gasteiger partial charge in [0.2, 0.25) is 0 Å². The lowest BCUT2D eigenvalue weighted by Gasteiger charge is -2.23. The molecule has 0 aromatic heterocycles. The molecule has 0 heterocycles. The van der Waals surface area contributed by atoms with E-state index in [4.69, 9.17) is 5.11 Å². The second-order valence-electron chi connectivity index (χ2n) is 6.79. The molecule has 1 fully saturated rings. The van der Waals surface area contributed by atoms with Crippen molar-refractivity contribution in [3.8, 4) is 0 Å². The van der Waals surface area contributed by atoms with Crippen molar-refractivity contribution in [1.29, 1.82) is 0 Å². The summed E-state index contributed by atoms with van der Waals surface area (Å²) >= 11 is 0. The molecule has 1 saturated carbocycles. The summed E-state index contributed by atoms with van der Waals surface area (Å²) in [4.78, 5) is 13.0. The van der Waals surface area contributed by atoms with Crippen LogP contribution in [-0.2, 0) is 16.8 Å². The molecule has 110 valence electrons. The first-order chi connectivity index (χ1) is 9.36. The van der Waals surface area contributed by atoms with E-state index in [1.807, 2.05) is 0 Å². The number of carboxylic acid groups (broad SMARTS) is 1. The fourth-order valence-electron chi connectivity index (χ4n) is 2.41. The van der Waals surface area contributed by atoms with E-state index in [0.717, 1.165) is 6.54 Å². The predicted molar refractivity (Wildman–Crippen MR) is 80.8 cm³/mol. The average Bonchev–Trinajstić information content (AvgIpc) is 3.18. The van der Waals surface area contributed by atoms with Gasteiger partial charge in [-0.25, -0.2) is 0 Å². The van der Waals surface area contributed by atoms with Crippen molar-refractivity contribution in [2.45, 2.75) is 58.0 Å². The Hall–Kier alpha value is -1.35. The number of hydrogen-bond acceptors (Lipinski definition) is 2. The molecule has 1 N–H and O–H groups in total. The zero-order valence-corrected chi connectivity index (χ0v) is 12.7. The fraction of sp³-hybridized carbons (Fsp3) is 0.588. The first-order valence-corrected chi connectivity index (χ1v) is 7.41. The maximum absolute atomic E-state index is 10.7. The standard InChI is InChI=1S/C17H25NO2/c1-17(2,3)14-6-4-13(5-7-14)12-18(15-8-9-15)11-10-16(19)20/h4-7,15H,8-12H2,1-3H3,(H,19,20). The van der Waals surface area contributed by atoms with Gasteiger partial charge in [-0.1, -0.05) is 45.0 Å². The van der Waals surface area contributed by atoms with E-state index in [9.17, 15) is 4.79 Å². The van der Waals surface area contributed by atoms with Gasteiger partial charge in [-0.3, -0.25) is 9.69 Å². The maximum atomic E-state index is 10.7. The Morgan fingerprint density at radius 3 is 2.30 bits per heavy atom. The smallest absolute Gasteiger partial charge is 0.304 e. The summed E-state index contributed by atoms with van der Waals surface area (Å²) in [5, 5.41) is 8.83. The molecular formula is C17H25NO2. The Labute approximate surface area is 121 Å². The maximum Gasteiger partial charge on any atom is 0.304 e. The average molecular weight is 275 g/mol. The first-order valence-electron chi connectivity index (χ1n) is 7.41. The van der Waals surface area contributed by atoms with Crippen LogP contribution in [0.1, 0.15) is 51.2 Å². The largest absolute Gasteiger partial charge is 0.481 e. The Morgan fingerprint density at radius 1 is 1.25 bits per heavy atom. The van der Waals surface area contributed by atoms with E-state index in [0.29, 0.717) is 12.6 Å². The fourth-order valence-corrected chi connectivity index (χ4v) is 2.41. The van der Waals surface area contributed by atoms with E-state index in [1.165, 1.54) is 24.0 Å². The van der Waals surface area contributed by atoms with Gasteiger partial charge >= 0.3 is 5.97 Å². The summed E-state index contributed by atoms with van der Waals surface area (Å²) in [5.41, 5.74) is 2.79. The molecule has 3 nitrogen and oxygen atoms in total. The first kappa shape index (κ1) is 15.0. The molecule has 0 unspecified atom stereocenters. The zero-order chi connectivity index (χ0) is 14.8. The Bertz CT molecular complexity index is 455. The van der Waals surface area contributed by atoms with Gasteiger partial charge in [-0.15, -0.1) is 0 Å². The molecule has 1 aliphatic carbocycles. The van der Waals surface area contributed by atoms with Crippen LogP contribution in [0.3, 0.4) is 0 Å². The lowest BCUT2D eigenvalue weighted by atomic mass is 9.87. The van der Waals surface area contributed by atoms with Crippen LogP contribution < -0.4 is 0 Å². The third-order valence-electron chi connectivity index (χ3n) is 3.88. The Balaban J connectivity index is 1.98.